The fraction of sp³-hybridized carbons (Fsp3) is 0.733. The zero-order valence-electron chi connectivity index (χ0n) is 12.5. The smallest absolute Gasteiger partial charge is 0.234 e. The van der Waals surface area contributed by atoms with Gasteiger partial charge in [-0.05, 0) is 25.8 Å². The van der Waals surface area contributed by atoms with Crippen LogP contribution in [0.15, 0.2) is 12.4 Å². The predicted octanol–water partition coefficient (Wildman–Crippen LogP) is 0.638. The molecule has 0 radical (unpaired) electrons. The van der Waals surface area contributed by atoms with E-state index in [1.807, 2.05) is 18.1 Å². The van der Waals surface area contributed by atoms with E-state index in [1.54, 1.807) is 10.9 Å². The lowest BCUT2D eigenvalue weighted by Crippen LogP contribution is -2.40. The molecule has 1 amide bonds. The minimum absolute atomic E-state index is 0.168. The molecule has 6 heteroatoms. The molecule has 0 saturated carbocycles. The van der Waals surface area contributed by atoms with E-state index < -0.39 is 0 Å². The van der Waals surface area contributed by atoms with Gasteiger partial charge in [0.1, 0.15) is 0 Å². The third-order valence-electron chi connectivity index (χ3n) is 5.32. The van der Waals surface area contributed by atoms with E-state index in [-0.39, 0.29) is 11.3 Å². The fourth-order valence-electron chi connectivity index (χ4n) is 4.02. The molecule has 3 fully saturated rings. The molecule has 1 aromatic heterocycles. The van der Waals surface area contributed by atoms with Crippen LogP contribution in [0.2, 0.25) is 0 Å². The minimum Gasteiger partial charge on any atom is -0.380 e. The number of hydrogen-bond donors (Lipinski definition) is 0. The number of aromatic nitrogens is 2. The molecular weight excluding hydrogens is 268 g/mol. The molecule has 4 rings (SSSR count). The van der Waals surface area contributed by atoms with E-state index in [1.165, 1.54) is 0 Å². The van der Waals surface area contributed by atoms with Gasteiger partial charge in [0.15, 0.2) is 0 Å². The highest BCUT2D eigenvalue weighted by molar-refractivity contribution is 6.00. The first-order valence-corrected chi connectivity index (χ1v) is 7.80. The number of amides is 1. The van der Waals surface area contributed by atoms with E-state index in [2.05, 4.69) is 10.00 Å². The summed E-state index contributed by atoms with van der Waals surface area (Å²) in [7, 11) is 1.89. The van der Waals surface area contributed by atoms with Crippen molar-refractivity contribution in [1.29, 1.82) is 0 Å². The van der Waals surface area contributed by atoms with Gasteiger partial charge in [0.05, 0.1) is 23.9 Å². The van der Waals surface area contributed by atoms with Crippen molar-refractivity contribution >= 4 is 11.6 Å². The van der Waals surface area contributed by atoms with Crippen molar-refractivity contribution in [3.8, 4) is 0 Å². The van der Waals surface area contributed by atoms with Crippen molar-refractivity contribution in [2.24, 2.45) is 12.5 Å². The van der Waals surface area contributed by atoms with Crippen molar-refractivity contribution in [1.82, 2.24) is 14.7 Å². The van der Waals surface area contributed by atoms with Crippen molar-refractivity contribution in [2.75, 3.05) is 37.7 Å². The van der Waals surface area contributed by atoms with Gasteiger partial charge in [0, 0.05) is 39.0 Å². The Morgan fingerprint density at radius 2 is 2.24 bits per heavy atom. The van der Waals surface area contributed by atoms with Crippen LogP contribution in [0.3, 0.4) is 0 Å². The van der Waals surface area contributed by atoms with Crippen molar-refractivity contribution in [2.45, 2.75) is 25.3 Å². The maximum Gasteiger partial charge on any atom is 0.234 e. The first-order chi connectivity index (χ1) is 10.2. The number of likely N-dealkylation sites (tertiary alicyclic amines) is 1. The van der Waals surface area contributed by atoms with Gasteiger partial charge in [-0.2, -0.15) is 5.10 Å². The number of nitrogens with zero attached hydrogens (tertiary/aromatic N) is 4. The highest BCUT2D eigenvalue weighted by Gasteiger charge is 2.52. The monoisotopic (exact) mass is 290 g/mol. The Morgan fingerprint density at radius 1 is 1.38 bits per heavy atom. The molecule has 4 heterocycles. The largest absolute Gasteiger partial charge is 0.380 e. The van der Waals surface area contributed by atoms with E-state index in [4.69, 9.17) is 4.74 Å². The van der Waals surface area contributed by atoms with Crippen molar-refractivity contribution < 1.29 is 9.53 Å². The van der Waals surface area contributed by atoms with Crippen molar-refractivity contribution in [3.63, 3.8) is 0 Å². The number of anilines is 1. The van der Waals surface area contributed by atoms with Gasteiger partial charge >= 0.3 is 0 Å². The van der Waals surface area contributed by atoms with Gasteiger partial charge in [-0.25, -0.2) is 0 Å². The summed E-state index contributed by atoms with van der Waals surface area (Å²) in [5, 5.41) is 4.18. The third kappa shape index (κ3) is 2.08. The van der Waals surface area contributed by atoms with Crippen LogP contribution in [0.25, 0.3) is 0 Å². The van der Waals surface area contributed by atoms with E-state index in [0.717, 1.165) is 57.8 Å². The fourth-order valence-corrected chi connectivity index (χ4v) is 4.02. The van der Waals surface area contributed by atoms with Gasteiger partial charge < -0.3 is 9.64 Å². The standard InChI is InChI=1S/C15H22N4O2/c1-17-9-13(8-16-17)19-6-4-15(14(19)20)3-5-18(11-15)12-2-7-21-10-12/h8-9,12H,2-7,10-11H2,1H3. The molecule has 2 unspecified atom stereocenters. The molecule has 6 nitrogen and oxygen atoms in total. The molecule has 3 saturated heterocycles. The Balaban J connectivity index is 1.50. The molecule has 114 valence electrons. The Labute approximate surface area is 124 Å². The summed E-state index contributed by atoms with van der Waals surface area (Å²) >= 11 is 0. The number of ether oxygens (including phenoxy) is 1. The lowest BCUT2D eigenvalue weighted by atomic mass is 9.85. The molecule has 0 bridgehead atoms. The Hall–Kier alpha value is -1.40. The highest BCUT2D eigenvalue weighted by atomic mass is 16.5. The molecule has 0 N–H and O–H groups in total. The lowest BCUT2D eigenvalue weighted by Gasteiger charge is -2.26. The summed E-state index contributed by atoms with van der Waals surface area (Å²) in [5.74, 6) is 0.289. The molecule has 3 aliphatic heterocycles. The van der Waals surface area contributed by atoms with Gasteiger partial charge in [0.25, 0.3) is 0 Å². The maximum absolute atomic E-state index is 12.9. The van der Waals surface area contributed by atoms with Gasteiger partial charge in [-0.15, -0.1) is 0 Å². The molecule has 3 aliphatic rings. The average Bonchev–Trinajstić information content (AvgIpc) is 3.21. The van der Waals surface area contributed by atoms with Crippen LogP contribution in [0.4, 0.5) is 5.69 Å². The Kier molecular flexibility index (Phi) is 3.04. The van der Waals surface area contributed by atoms with Crippen LogP contribution < -0.4 is 4.90 Å². The molecule has 0 aliphatic carbocycles. The second-order valence-electron chi connectivity index (χ2n) is 6.60. The van der Waals surface area contributed by atoms with Crippen LogP contribution in [0, 0.1) is 5.41 Å². The summed E-state index contributed by atoms with van der Waals surface area (Å²) in [6.45, 7) is 4.44. The quantitative estimate of drug-likeness (QED) is 0.802. The summed E-state index contributed by atoms with van der Waals surface area (Å²) in [6, 6.07) is 0.518. The van der Waals surface area contributed by atoms with Gasteiger partial charge in [-0.3, -0.25) is 14.4 Å². The summed E-state index contributed by atoms with van der Waals surface area (Å²) in [5.41, 5.74) is 0.764. The Morgan fingerprint density at radius 3 is 2.95 bits per heavy atom. The first kappa shape index (κ1) is 13.3. The van der Waals surface area contributed by atoms with E-state index in [0.29, 0.717) is 6.04 Å². The normalized spacial score (nSPS) is 33.7. The molecule has 1 aromatic rings. The summed E-state index contributed by atoms with van der Waals surface area (Å²) in [4.78, 5) is 17.3. The minimum atomic E-state index is -0.168. The zero-order valence-corrected chi connectivity index (χ0v) is 12.5. The molecule has 2 atom stereocenters. The predicted molar refractivity (Wildman–Crippen MR) is 78.0 cm³/mol. The van der Waals surface area contributed by atoms with Gasteiger partial charge in [0.2, 0.25) is 5.91 Å². The van der Waals surface area contributed by atoms with Crippen LogP contribution in [-0.4, -0.2) is 59.5 Å². The van der Waals surface area contributed by atoms with E-state index in [9.17, 15) is 4.79 Å². The molecule has 0 aromatic carbocycles. The Bertz CT molecular complexity index is 552. The van der Waals surface area contributed by atoms with Crippen LogP contribution in [0.1, 0.15) is 19.3 Å². The number of hydrogen-bond acceptors (Lipinski definition) is 4. The van der Waals surface area contributed by atoms with Crippen LogP contribution in [-0.2, 0) is 16.6 Å². The second kappa shape index (κ2) is 4.81. The lowest BCUT2D eigenvalue weighted by molar-refractivity contribution is -0.125. The topological polar surface area (TPSA) is 50.6 Å². The number of carbonyl (C=O) groups excluding carboxylic acids is 1. The molecule has 21 heavy (non-hydrogen) atoms. The molecule has 1 spiro atoms. The summed E-state index contributed by atoms with van der Waals surface area (Å²) < 4.78 is 7.25. The SMILES string of the molecule is Cn1cc(N2CCC3(CCN(C4CCOC4)C3)C2=O)cn1. The number of aryl methyl sites for hydroxylation is 1. The van der Waals surface area contributed by atoms with Crippen LogP contribution in [0.5, 0.6) is 0 Å². The average molecular weight is 290 g/mol. The zero-order chi connectivity index (χ0) is 14.4. The first-order valence-electron chi connectivity index (χ1n) is 7.80. The van der Waals surface area contributed by atoms with Gasteiger partial charge in [-0.1, -0.05) is 0 Å². The number of carbonyl (C=O) groups is 1. The van der Waals surface area contributed by atoms with Crippen LogP contribution >= 0.6 is 0 Å². The maximum atomic E-state index is 12.9. The number of rotatable bonds is 2. The highest BCUT2D eigenvalue weighted by Crippen LogP contribution is 2.43. The second-order valence-corrected chi connectivity index (χ2v) is 6.60. The van der Waals surface area contributed by atoms with E-state index >= 15 is 0 Å². The van der Waals surface area contributed by atoms with Crippen molar-refractivity contribution in [3.05, 3.63) is 12.4 Å². The summed E-state index contributed by atoms with van der Waals surface area (Å²) in [6.07, 6.45) is 6.77. The third-order valence-corrected chi connectivity index (χ3v) is 5.32. The molecular formula is C15H22N4O2.